The van der Waals surface area contributed by atoms with Crippen LogP contribution in [0.5, 0.6) is 0 Å². The van der Waals surface area contributed by atoms with Gasteiger partial charge < -0.3 is 5.32 Å². The van der Waals surface area contributed by atoms with Crippen molar-refractivity contribution < 1.29 is 13.2 Å². The van der Waals surface area contributed by atoms with Crippen molar-refractivity contribution in [2.45, 2.75) is 33.7 Å². The Morgan fingerprint density at radius 3 is 2.33 bits per heavy atom. The molecule has 0 radical (unpaired) electrons. The van der Waals surface area contributed by atoms with Crippen molar-refractivity contribution in [1.29, 1.82) is 0 Å². The van der Waals surface area contributed by atoms with Crippen LogP contribution in [-0.2, 0) is 14.8 Å². The van der Waals surface area contributed by atoms with Crippen molar-refractivity contribution in [3.8, 4) is 0 Å². The lowest BCUT2D eigenvalue weighted by Crippen LogP contribution is -2.41. The highest BCUT2D eigenvalue weighted by Gasteiger charge is 2.22. The van der Waals surface area contributed by atoms with Crippen molar-refractivity contribution in [1.82, 2.24) is 5.32 Å². The van der Waals surface area contributed by atoms with Crippen LogP contribution >= 0.6 is 11.6 Å². The third-order valence-electron chi connectivity index (χ3n) is 4.51. The lowest BCUT2D eigenvalue weighted by atomic mass is 9.96. The Morgan fingerprint density at radius 2 is 1.74 bits per heavy atom. The zero-order valence-corrected chi connectivity index (χ0v) is 17.8. The second-order valence-electron chi connectivity index (χ2n) is 6.83. The van der Waals surface area contributed by atoms with Gasteiger partial charge in [0.2, 0.25) is 15.9 Å². The first-order valence-corrected chi connectivity index (χ1v) is 10.8. The van der Waals surface area contributed by atoms with E-state index in [2.05, 4.69) is 17.4 Å². The van der Waals surface area contributed by atoms with E-state index in [9.17, 15) is 13.2 Å². The van der Waals surface area contributed by atoms with Gasteiger partial charge in [0.1, 0.15) is 6.54 Å². The summed E-state index contributed by atoms with van der Waals surface area (Å²) in [5.41, 5.74) is 4.79. The molecule has 1 unspecified atom stereocenters. The van der Waals surface area contributed by atoms with Gasteiger partial charge in [0, 0.05) is 5.02 Å². The smallest absolute Gasteiger partial charge is 0.241 e. The molecule has 0 saturated heterocycles. The second kappa shape index (κ2) is 8.31. The van der Waals surface area contributed by atoms with E-state index < -0.39 is 10.0 Å². The average molecular weight is 409 g/mol. The fourth-order valence-corrected chi connectivity index (χ4v) is 4.01. The van der Waals surface area contributed by atoms with Gasteiger partial charge in [-0.15, -0.1) is 0 Å². The number of aryl methyl sites for hydroxylation is 3. The Bertz CT molecular complexity index is 958. The van der Waals surface area contributed by atoms with Gasteiger partial charge in [-0.3, -0.25) is 9.10 Å². The Balaban J connectivity index is 2.20. The molecule has 2 rings (SSSR count). The molecule has 7 heteroatoms. The fraction of sp³-hybridized carbons (Fsp3) is 0.350. The number of carbonyl (C=O) groups is 1. The summed E-state index contributed by atoms with van der Waals surface area (Å²) in [5.74, 6) is -0.384. The van der Waals surface area contributed by atoms with Gasteiger partial charge >= 0.3 is 0 Å². The summed E-state index contributed by atoms with van der Waals surface area (Å²) in [4.78, 5) is 12.6. The van der Waals surface area contributed by atoms with E-state index in [1.807, 2.05) is 27.7 Å². The molecule has 0 aliphatic heterocycles. The van der Waals surface area contributed by atoms with Crippen molar-refractivity contribution in [3.63, 3.8) is 0 Å². The van der Waals surface area contributed by atoms with E-state index >= 15 is 0 Å². The summed E-state index contributed by atoms with van der Waals surface area (Å²) in [7, 11) is -3.64. The topological polar surface area (TPSA) is 66.5 Å². The molecule has 0 bridgehead atoms. The summed E-state index contributed by atoms with van der Waals surface area (Å²) < 4.78 is 25.4. The van der Waals surface area contributed by atoms with Crippen LogP contribution in [0.1, 0.15) is 35.2 Å². The largest absolute Gasteiger partial charge is 0.348 e. The Morgan fingerprint density at radius 1 is 1.11 bits per heavy atom. The van der Waals surface area contributed by atoms with E-state index in [0.29, 0.717) is 10.7 Å². The number of carbonyl (C=O) groups excluding carboxylic acids is 1. The van der Waals surface area contributed by atoms with Gasteiger partial charge in [-0.1, -0.05) is 29.8 Å². The van der Waals surface area contributed by atoms with E-state index in [-0.39, 0.29) is 18.5 Å². The number of rotatable bonds is 6. The molecule has 0 fully saturated rings. The maximum Gasteiger partial charge on any atom is 0.241 e. The summed E-state index contributed by atoms with van der Waals surface area (Å²) in [5, 5.41) is 3.30. The second-order valence-corrected chi connectivity index (χ2v) is 9.18. The SMILES string of the molecule is Cc1cc(C)c(C(C)NC(=O)CN(c2cccc(Cl)c2)S(C)(=O)=O)cc1C. The van der Waals surface area contributed by atoms with Crippen LogP contribution in [0.2, 0.25) is 5.02 Å². The van der Waals surface area contributed by atoms with Gasteiger partial charge in [-0.05, 0) is 68.1 Å². The summed E-state index contributed by atoms with van der Waals surface area (Å²) in [6.45, 7) is 7.65. The van der Waals surface area contributed by atoms with Crippen LogP contribution in [0.15, 0.2) is 36.4 Å². The number of halogens is 1. The Kier molecular flexibility index (Phi) is 6.54. The van der Waals surface area contributed by atoms with E-state index in [1.165, 1.54) is 11.6 Å². The summed E-state index contributed by atoms with van der Waals surface area (Å²) in [6, 6.07) is 10.3. The normalized spacial score (nSPS) is 12.5. The minimum absolute atomic E-state index is 0.238. The Hall–Kier alpha value is -2.05. The maximum absolute atomic E-state index is 12.6. The monoisotopic (exact) mass is 408 g/mol. The molecule has 0 aromatic heterocycles. The lowest BCUT2D eigenvalue weighted by molar-refractivity contribution is -0.120. The molecule has 5 nitrogen and oxygen atoms in total. The lowest BCUT2D eigenvalue weighted by Gasteiger charge is -2.24. The van der Waals surface area contributed by atoms with Crippen molar-refractivity contribution >= 4 is 33.2 Å². The molecule has 0 heterocycles. The predicted molar refractivity (Wildman–Crippen MR) is 111 cm³/mol. The molecular weight excluding hydrogens is 384 g/mol. The molecule has 0 aliphatic carbocycles. The van der Waals surface area contributed by atoms with Crippen LogP contribution in [-0.4, -0.2) is 27.1 Å². The van der Waals surface area contributed by atoms with Crippen LogP contribution in [0.25, 0.3) is 0 Å². The van der Waals surface area contributed by atoms with Gasteiger partial charge in [0.25, 0.3) is 0 Å². The number of hydrogen-bond donors (Lipinski definition) is 1. The molecule has 146 valence electrons. The summed E-state index contributed by atoms with van der Waals surface area (Å²) in [6.07, 6.45) is 1.07. The highest BCUT2D eigenvalue weighted by Crippen LogP contribution is 2.23. The van der Waals surface area contributed by atoms with Crippen molar-refractivity contribution in [2.75, 3.05) is 17.1 Å². The van der Waals surface area contributed by atoms with Gasteiger partial charge in [0.05, 0.1) is 18.0 Å². The van der Waals surface area contributed by atoms with E-state index in [0.717, 1.165) is 27.3 Å². The van der Waals surface area contributed by atoms with Crippen LogP contribution < -0.4 is 9.62 Å². The van der Waals surface area contributed by atoms with Crippen molar-refractivity contribution in [2.24, 2.45) is 0 Å². The first-order chi connectivity index (χ1) is 12.5. The number of hydrogen-bond acceptors (Lipinski definition) is 3. The molecule has 0 aliphatic rings. The number of sulfonamides is 1. The van der Waals surface area contributed by atoms with E-state index in [4.69, 9.17) is 11.6 Å². The Labute approximate surface area is 166 Å². The predicted octanol–water partition coefficient (Wildman–Crippen LogP) is 3.91. The van der Waals surface area contributed by atoms with Gasteiger partial charge in [-0.25, -0.2) is 8.42 Å². The van der Waals surface area contributed by atoms with Crippen LogP contribution in [0.4, 0.5) is 5.69 Å². The third kappa shape index (κ3) is 5.47. The van der Waals surface area contributed by atoms with Crippen LogP contribution in [0, 0.1) is 20.8 Å². The van der Waals surface area contributed by atoms with E-state index in [1.54, 1.807) is 18.2 Å². The molecule has 27 heavy (non-hydrogen) atoms. The highest BCUT2D eigenvalue weighted by atomic mass is 35.5. The molecule has 0 saturated carbocycles. The number of benzene rings is 2. The third-order valence-corrected chi connectivity index (χ3v) is 5.89. The number of amides is 1. The zero-order chi connectivity index (χ0) is 20.4. The quantitative estimate of drug-likeness (QED) is 0.787. The van der Waals surface area contributed by atoms with Crippen molar-refractivity contribution in [3.05, 3.63) is 63.7 Å². The molecule has 2 aromatic carbocycles. The average Bonchev–Trinajstić information content (AvgIpc) is 2.54. The first-order valence-electron chi connectivity index (χ1n) is 8.59. The highest BCUT2D eigenvalue weighted by molar-refractivity contribution is 7.92. The maximum atomic E-state index is 12.6. The molecule has 2 aromatic rings. The number of nitrogens with zero attached hydrogens (tertiary/aromatic N) is 1. The standard InChI is InChI=1S/C20H25ClN2O3S/c1-13-9-15(3)19(10-14(13)2)16(4)22-20(24)12-23(27(5,25)26)18-8-6-7-17(21)11-18/h6-11,16H,12H2,1-5H3,(H,22,24). The number of anilines is 1. The molecule has 0 spiro atoms. The minimum atomic E-state index is -3.64. The minimum Gasteiger partial charge on any atom is -0.348 e. The number of nitrogens with one attached hydrogen (secondary N) is 1. The first kappa shape index (κ1) is 21.3. The zero-order valence-electron chi connectivity index (χ0n) is 16.2. The summed E-state index contributed by atoms with van der Waals surface area (Å²) >= 11 is 5.96. The molecular formula is C20H25ClN2O3S. The molecule has 1 N–H and O–H groups in total. The molecule has 1 atom stereocenters. The van der Waals surface area contributed by atoms with Gasteiger partial charge in [0.15, 0.2) is 0 Å². The van der Waals surface area contributed by atoms with Crippen LogP contribution in [0.3, 0.4) is 0 Å². The fourth-order valence-electron chi connectivity index (χ4n) is 2.98. The van der Waals surface area contributed by atoms with Gasteiger partial charge in [-0.2, -0.15) is 0 Å². The molecule has 1 amide bonds.